The van der Waals surface area contributed by atoms with Crippen molar-refractivity contribution >= 4 is 23.2 Å². The maximum absolute atomic E-state index is 5.47. The van der Waals surface area contributed by atoms with E-state index in [0.29, 0.717) is 51.1 Å². The fourth-order valence-corrected chi connectivity index (χ4v) is 4.22. The van der Waals surface area contributed by atoms with E-state index >= 15 is 0 Å². The van der Waals surface area contributed by atoms with Crippen LogP contribution in [0.2, 0.25) is 0 Å². The zero-order valence-corrected chi connectivity index (χ0v) is 28.9. The van der Waals surface area contributed by atoms with Crippen LogP contribution < -0.4 is 34.0 Å². The first-order chi connectivity index (χ1) is 20.3. The molecule has 0 spiro atoms. The van der Waals surface area contributed by atoms with Crippen molar-refractivity contribution < 1.29 is 62.1 Å². The van der Waals surface area contributed by atoms with Gasteiger partial charge in [-0.3, -0.25) is 0 Å². The summed E-state index contributed by atoms with van der Waals surface area (Å²) in [5.74, 6) is 13.8. The van der Waals surface area contributed by atoms with Crippen LogP contribution in [0.4, 0.5) is 11.4 Å². The first-order valence-corrected chi connectivity index (χ1v) is 14.0. The second-order valence-electron chi connectivity index (χ2n) is 11.5. The van der Waals surface area contributed by atoms with E-state index in [9.17, 15) is 0 Å². The molecular weight excluding hydrogens is 692 g/mol. The Hall–Kier alpha value is -3.42. The zero-order chi connectivity index (χ0) is 29.7. The van der Waals surface area contributed by atoms with Gasteiger partial charge in [-0.1, -0.05) is 46.4 Å². The monoisotopic (exact) mass is 730 g/mol. The van der Waals surface area contributed by atoms with Crippen LogP contribution in [-0.4, -0.2) is 88.5 Å². The van der Waals surface area contributed by atoms with Crippen LogP contribution in [0.3, 0.4) is 0 Å². The maximum Gasteiger partial charge on any atom is 0.230 e. The van der Waals surface area contributed by atoms with Crippen molar-refractivity contribution in [1.82, 2.24) is 0 Å². The Morgan fingerprint density at radius 3 is 1.36 bits per heavy atom. The molecule has 0 atom stereocenters. The third-order valence-corrected chi connectivity index (χ3v) is 6.41. The molecule has 2 heterocycles. The van der Waals surface area contributed by atoms with Gasteiger partial charge in [-0.15, -0.1) is 0 Å². The average Bonchev–Trinajstić information content (AvgIpc) is 3.67. The summed E-state index contributed by atoms with van der Waals surface area (Å²) in [7, 11) is 8.64. The molecule has 2 aromatic rings. The molecule has 0 aliphatic carbocycles. The maximum atomic E-state index is 5.47. The molecule has 4 rings (SSSR count). The lowest BCUT2D eigenvalue weighted by molar-refractivity contribution is -0.896. The van der Waals surface area contributed by atoms with Crippen molar-refractivity contribution in [3.63, 3.8) is 0 Å². The Morgan fingerprint density at radius 2 is 1.02 bits per heavy atom. The standard InChI is InChI=1S/C32H40N6O4.2BrH/c1-37(2,19-5-7-21-39-31-17-23-41-35-31)25-27-9-13-29(14-10-27)33-34-30-15-11-28(12-16-30)26-38(3,4)20-6-8-22-40-32-18-24-42-36-32;;/h9-16H,17-26H2,1-4H3;2*1H/q+2;;/p-2. The number of rotatable bonds is 10. The third-order valence-electron chi connectivity index (χ3n) is 6.41. The Labute approximate surface area is 281 Å². The summed E-state index contributed by atoms with van der Waals surface area (Å²) in [6, 6.07) is 16.4. The molecule has 44 heavy (non-hydrogen) atoms. The Balaban J connectivity index is 0.00000337. The molecule has 236 valence electrons. The van der Waals surface area contributed by atoms with Crippen molar-refractivity contribution in [2.75, 3.05) is 67.7 Å². The van der Waals surface area contributed by atoms with E-state index in [-0.39, 0.29) is 34.0 Å². The fraction of sp³-hybridized carbons (Fsp3) is 0.438. The van der Waals surface area contributed by atoms with Crippen molar-refractivity contribution in [3.05, 3.63) is 59.7 Å². The highest BCUT2D eigenvalue weighted by Crippen LogP contribution is 2.21. The van der Waals surface area contributed by atoms with Gasteiger partial charge in [0, 0.05) is 11.1 Å². The van der Waals surface area contributed by atoms with Crippen LogP contribution in [0.25, 0.3) is 0 Å². The van der Waals surface area contributed by atoms with Crippen LogP contribution in [0.1, 0.15) is 24.0 Å². The molecule has 10 nitrogen and oxygen atoms in total. The van der Waals surface area contributed by atoms with Crippen LogP contribution in [-0.2, 0) is 32.2 Å². The van der Waals surface area contributed by atoms with Gasteiger partial charge in [-0.25, -0.2) is 0 Å². The van der Waals surface area contributed by atoms with Gasteiger partial charge >= 0.3 is 0 Å². The van der Waals surface area contributed by atoms with E-state index in [1.54, 1.807) is 0 Å². The normalized spacial score (nSPS) is 13.9. The Morgan fingerprint density at radius 1 is 0.636 bits per heavy atom. The first kappa shape index (κ1) is 36.8. The number of nitrogens with zero attached hydrogens (tertiary/aromatic N) is 6. The number of oxime groups is 2. The van der Waals surface area contributed by atoms with Gasteiger partial charge in [-0.05, 0) is 36.1 Å². The summed E-state index contributed by atoms with van der Waals surface area (Å²) < 4.78 is 12.4. The Bertz CT molecular complexity index is 1300. The number of quaternary nitrogens is 2. The molecule has 2 aliphatic heterocycles. The van der Waals surface area contributed by atoms with Crippen LogP contribution >= 0.6 is 0 Å². The van der Waals surface area contributed by atoms with Crippen LogP contribution in [0.5, 0.6) is 0 Å². The summed E-state index contributed by atoms with van der Waals surface area (Å²) >= 11 is 0. The molecular formula is C32H40Br2N6O4. The van der Waals surface area contributed by atoms with Gasteiger partial charge in [0.15, 0.2) is 13.2 Å². The molecule has 12 heteroatoms. The lowest BCUT2D eigenvalue weighted by atomic mass is 10.2. The van der Waals surface area contributed by atoms with Gasteiger partial charge in [-0.2, -0.15) is 10.2 Å². The van der Waals surface area contributed by atoms with Crippen LogP contribution in [0.15, 0.2) is 69.1 Å². The predicted molar refractivity (Wildman–Crippen MR) is 162 cm³/mol. The van der Waals surface area contributed by atoms with Gasteiger partial charge < -0.3 is 62.1 Å². The number of hydrogen-bond donors (Lipinski definition) is 0. The number of azo groups is 1. The lowest BCUT2D eigenvalue weighted by Crippen LogP contribution is -3.00. The van der Waals surface area contributed by atoms with Crippen molar-refractivity contribution in [1.29, 1.82) is 0 Å². The molecule has 0 bridgehead atoms. The fourth-order valence-electron chi connectivity index (χ4n) is 4.22. The quantitative estimate of drug-likeness (QED) is 0.174. The molecule has 2 aromatic carbocycles. The van der Waals surface area contributed by atoms with Crippen molar-refractivity contribution in [2.45, 2.75) is 25.9 Å². The molecule has 0 saturated heterocycles. The molecule has 2 aliphatic rings. The SMILES string of the molecule is C[N+](C)(CC#CCOC1=NOCC1)Cc1ccc(N=Nc2ccc(C[N+](C)(C)CC#CCOC3=NOCC3)cc2)cc1.[Br-].[Br-]. The summed E-state index contributed by atoms with van der Waals surface area (Å²) in [6.07, 6.45) is 1.43. The lowest BCUT2D eigenvalue weighted by Gasteiger charge is -2.27. The number of ether oxygens (including phenoxy) is 2. The molecule has 0 aromatic heterocycles. The minimum Gasteiger partial charge on any atom is -1.00 e. The highest BCUT2D eigenvalue weighted by molar-refractivity contribution is 5.77. The van der Waals surface area contributed by atoms with E-state index in [0.717, 1.165) is 46.5 Å². The molecule has 0 saturated carbocycles. The van der Waals surface area contributed by atoms with E-state index in [4.69, 9.17) is 19.1 Å². The Kier molecular flexibility index (Phi) is 15.4. The van der Waals surface area contributed by atoms with Crippen LogP contribution in [0, 0.1) is 23.7 Å². The van der Waals surface area contributed by atoms with E-state index < -0.39 is 0 Å². The summed E-state index contributed by atoms with van der Waals surface area (Å²) in [4.78, 5) is 9.83. The molecule has 0 N–H and O–H groups in total. The second-order valence-corrected chi connectivity index (χ2v) is 11.5. The molecule has 0 amide bonds. The summed E-state index contributed by atoms with van der Waals surface area (Å²) in [6.45, 7) is 4.99. The second kappa shape index (κ2) is 18.4. The first-order valence-electron chi connectivity index (χ1n) is 14.0. The van der Waals surface area contributed by atoms with Crippen molar-refractivity contribution in [3.8, 4) is 23.7 Å². The minimum absolute atomic E-state index is 0. The van der Waals surface area contributed by atoms with Gasteiger partial charge in [0.05, 0.1) is 52.4 Å². The summed E-state index contributed by atoms with van der Waals surface area (Å²) in [5.41, 5.74) is 4.07. The van der Waals surface area contributed by atoms with E-state index in [1.807, 2.05) is 24.3 Å². The molecule has 0 unspecified atom stereocenters. The van der Waals surface area contributed by atoms with E-state index in [2.05, 4.69) is 96.7 Å². The number of benzene rings is 2. The predicted octanol–water partition coefficient (Wildman–Crippen LogP) is -1.23. The summed E-state index contributed by atoms with van der Waals surface area (Å²) in [5, 5.41) is 16.5. The molecule has 0 radical (unpaired) electrons. The minimum atomic E-state index is 0. The third kappa shape index (κ3) is 13.5. The number of hydrogen-bond acceptors (Lipinski definition) is 8. The van der Waals surface area contributed by atoms with Crippen molar-refractivity contribution in [2.24, 2.45) is 20.5 Å². The average molecular weight is 733 g/mol. The molecule has 0 fully saturated rings. The van der Waals surface area contributed by atoms with Gasteiger partial charge in [0.1, 0.15) is 39.4 Å². The highest BCUT2D eigenvalue weighted by Gasteiger charge is 2.16. The number of halogens is 2. The smallest absolute Gasteiger partial charge is 0.230 e. The topological polar surface area (TPSA) is 86.4 Å². The zero-order valence-electron chi connectivity index (χ0n) is 25.8. The van der Waals surface area contributed by atoms with Gasteiger partial charge in [0.2, 0.25) is 11.8 Å². The largest absolute Gasteiger partial charge is 1.00 e. The van der Waals surface area contributed by atoms with Gasteiger partial charge in [0.25, 0.3) is 0 Å². The van der Waals surface area contributed by atoms with E-state index in [1.165, 1.54) is 11.1 Å². The highest BCUT2D eigenvalue weighted by atomic mass is 79.9.